The first-order valence-corrected chi connectivity index (χ1v) is 10.6. The van der Waals surface area contributed by atoms with Gasteiger partial charge in [0.1, 0.15) is 24.2 Å². The number of nitrogens with one attached hydrogen (secondary N) is 3. The van der Waals surface area contributed by atoms with Gasteiger partial charge >= 0.3 is 5.97 Å². The smallest absolute Gasteiger partial charge is 0.326 e. The third-order valence-corrected chi connectivity index (χ3v) is 4.47. The molecule has 34 heavy (non-hydrogen) atoms. The highest BCUT2D eigenvalue weighted by molar-refractivity contribution is 5.96. The zero-order valence-corrected chi connectivity index (χ0v) is 19.3. The summed E-state index contributed by atoms with van der Waals surface area (Å²) < 4.78 is 0. The van der Waals surface area contributed by atoms with Crippen LogP contribution in [-0.4, -0.2) is 83.1 Å². The molecule has 0 spiro atoms. The fraction of sp³-hybridized carbons (Fsp3) is 0.684. The summed E-state index contributed by atoms with van der Waals surface area (Å²) in [5.74, 6) is -5.06. The van der Waals surface area contributed by atoms with E-state index in [1.165, 1.54) is 0 Å². The summed E-state index contributed by atoms with van der Waals surface area (Å²) in [6, 6.07) is -5.28. The maximum atomic E-state index is 12.8. The molecule has 0 radical (unpaired) electrons. The molecule has 0 aliphatic carbocycles. The Morgan fingerprint density at radius 3 is 1.88 bits per heavy atom. The van der Waals surface area contributed by atoms with Crippen LogP contribution in [0, 0.1) is 5.92 Å². The van der Waals surface area contributed by atoms with E-state index >= 15 is 0 Å². The molecule has 4 unspecified atom stereocenters. The van der Waals surface area contributed by atoms with Gasteiger partial charge in [0.05, 0.1) is 13.0 Å². The third-order valence-electron chi connectivity index (χ3n) is 4.47. The van der Waals surface area contributed by atoms with E-state index in [2.05, 4.69) is 20.9 Å². The lowest BCUT2D eigenvalue weighted by Crippen LogP contribution is -2.58. The van der Waals surface area contributed by atoms with Crippen LogP contribution in [0.2, 0.25) is 0 Å². The molecule has 0 aromatic carbocycles. The van der Waals surface area contributed by atoms with Crippen molar-refractivity contribution in [2.75, 3.05) is 13.2 Å². The molecule has 15 heteroatoms. The summed E-state index contributed by atoms with van der Waals surface area (Å²) in [6.45, 7) is 2.98. The monoisotopic (exact) mass is 488 g/mol. The second kappa shape index (κ2) is 15.4. The Kier molecular flexibility index (Phi) is 13.8. The lowest BCUT2D eigenvalue weighted by Gasteiger charge is -2.25. The Balaban J connectivity index is 5.55. The van der Waals surface area contributed by atoms with Crippen LogP contribution in [0.3, 0.4) is 0 Å². The van der Waals surface area contributed by atoms with Gasteiger partial charge in [0.15, 0.2) is 5.96 Å². The van der Waals surface area contributed by atoms with E-state index in [1.807, 2.05) is 0 Å². The van der Waals surface area contributed by atoms with E-state index in [0.717, 1.165) is 0 Å². The van der Waals surface area contributed by atoms with E-state index in [9.17, 15) is 29.1 Å². The fourth-order valence-electron chi connectivity index (χ4n) is 2.78. The van der Waals surface area contributed by atoms with Crippen LogP contribution in [0.4, 0.5) is 0 Å². The van der Waals surface area contributed by atoms with Crippen molar-refractivity contribution in [1.82, 2.24) is 16.0 Å². The second-order valence-electron chi connectivity index (χ2n) is 8.06. The molecule has 0 saturated heterocycles. The van der Waals surface area contributed by atoms with Crippen LogP contribution < -0.4 is 38.9 Å². The SMILES string of the molecule is CC(C)CC(NC(=O)C(CC(N)=O)NC(=O)C(CCCN=C(N)N)NC(=O)C(N)CO)C(=O)O. The van der Waals surface area contributed by atoms with Crippen LogP contribution in [0.5, 0.6) is 0 Å². The molecule has 0 saturated carbocycles. The largest absolute Gasteiger partial charge is 0.480 e. The van der Waals surface area contributed by atoms with Crippen LogP contribution in [0.15, 0.2) is 4.99 Å². The number of carboxylic acids is 1. The van der Waals surface area contributed by atoms with Crippen molar-refractivity contribution in [3.8, 4) is 0 Å². The highest BCUT2D eigenvalue weighted by atomic mass is 16.4. The number of aliphatic hydroxyl groups excluding tert-OH is 1. The Labute approximate surface area is 197 Å². The Morgan fingerprint density at radius 2 is 1.41 bits per heavy atom. The van der Waals surface area contributed by atoms with Gasteiger partial charge in [-0.25, -0.2) is 4.79 Å². The molecule has 0 aromatic heterocycles. The standard InChI is InChI=1S/C19H36N8O7/c1-9(2)6-13(18(33)34)27-17(32)12(7-14(21)29)26-16(31)11(4-3-5-24-19(22)23)25-15(30)10(20)8-28/h9-13,28H,3-8,20H2,1-2H3,(H2,21,29)(H,25,30)(H,26,31)(H,27,32)(H,33,34)(H4,22,23,24). The zero-order valence-electron chi connectivity index (χ0n) is 19.3. The quantitative estimate of drug-likeness (QED) is 0.0573. The average Bonchev–Trinajstić information content (AvgIpc) is 2.72. The molecular weight excluding hydrogens is 452 g/mol. The Bertz CT molecular complexity index is 755. The number of rotatable bonds is 16. The van der Waals surface area contributed by atoms with Gasteiger partial charge in [0.2, 0.25) is 23.6 Å². The van der Waals surface area contributed by atoms with E-state index in [0.29, 0.717) is 0 Å². The van der Waals surface area contributed by atoms with Gasteiger partial charge < -0.3 is 49.1 Å². The van der Waals surface area contributed by atoms with E-state index in [-0.39, 0.29) is 37.7 Å². The predicted octanol–water partition coefficient (Wildman–Crippen LogP) is -4.18. The van der Waals surface area contributed by atoms with E-state index in [4.69, 9.17) is 28.0 Å². The number of nitrogens with zero attached hydrogens (tertiary/aromatic N) is 1. The first kappa shape index (κ1) is 30.5. The summed E-state index contributed by atoms with van der Waals surface area (Å²) in [5, 5.41) is 25.3. The summed E-state index contributed by atoms with van der Waals surface area (Å²) in [6.07, 6.45) is -0.244. The third kappa shape index (κ3) is 12.5. The molecule has 4 atom stereocenters. The minimum Gasteiger partial charge on any atom is -0.480 e. The van der Waals surface area contributed by atoms with Gasteiger partial charge in [-0.1, -0.05) is 13.8 Å². The van der Waals surface area contributed by atoms with Crippen molar-refractivity contribution in [3.63, 3.8) is 0 Å². The first-order chi connectivity index (χ1) is 15.8. The topological polar surface area (TPSA) is 278 Å². The molecule has 0 fully saturated rings. The number of hydrogen-bond donors (Lipinski definition) is 9. The summed E-state index contributed by atoms with van der Waals surface area (Å²) in [4.78, 5) is 64.3. The molecule has 13 N–H and O–H groups in total. The van der Waals surface area contributed by atoms with Gasteiger partial charge in [0.25, 0.3) is 0 Å². The number of carbonyl (C=O) groups is 5. The molecule has 4 amide bonds. The van der Waals surface area contributed by atoms with Crippen LogP contribution in [0.25, 0.3) is 0 Å². The molecule has 15 nitrogen and oxygen atoms in total. The Morgan fingerprint density at radius 1 is 0.882 bits per heavy atom. The van der Waals surface area contributed by atoms with Gasteiger partial charge in [-0.3, -0.25) is 24.2 Å². The first-order valence-electron chi connectivity index (χ1n) is 10.6. The second-order valence-corrected chi connectivity index (χ2v) is 8.06. The molecule has 0 heterocycles. The number of carbonyl (C=O) groups excluding carboxylic acids is 4. The van der Waals surface area contributed by atoms with Crippen molar-refractivity contribution in [3.05, 3.63) is 0 Å². The van der Waals surface area contributed by atoms with Crippen LogP contribution in [0.1, 0.15) is 39.5 Å². The number of aliphatic hydroxyl groups is 1. The molecule has 194 valence electrons. The summed E-state index contributed by atoms with van der Waals surface area (Å²) in [5.41, 5.74) is 21.1. The molecule has 0 bridgehead atoms. The summed E-state index contributed by atoms with van der Waals surface area (Å²) in [7, 11) is 0. The molecule has 0 rings (SSSR count). The predicted molar refractivity (Wildman–Crippen MR) is 122 cm³/mol. The van der Waals surface area contributed by atoms with Crippen molar-refractivity contribution < 1.29 is 34.2 Å². The van der Waals surface area contributed by atoms with E-state index < -0.39 is 66.8 Å². The van der Waals surface area contributed by atoms with Crippen LogP contribution in [-0.2, 0) is 24.0 Å². The highest BCUT2D eigenvalue weighted by Gasteiger charge is 2.31. The van der Waals surface area contributed by atoms with Crippen molar-refractivity contribution in [1.29, 1.82) is 0 Å². The molecule has 0 aromatic rings. The number of nitrogens with two attached hydrogens (primary N) is 4. The summed E-state index contributed by atoms with van der Waals surface area (Å²) >= 11 is 0. The van der Waals surface area contributed by atoms with Gasteiger partial charge in [-0.05, 0) is 25.2 Å². The normalized spacial score (nSPS) is 14.3. The lowest BCUT2D eigenvalue weighted by molar-refractivity contribution is -0.143. The number of amides is 4. The molecular formula is C19H36N8O7. The number of aliphatic carboxylic acids is 1. The zero-order chi connectivity index (χ0) is 26.4. The van der Waals surface area contributed by atoms with Crippen LogP contribution >= 0.6 is 0 Å². The number of carboxylic acid groups (broad SMARTS) is 1. The highest BCUT2D eigenvalue weighted by Crippen LogP contribution is 2.07. The minimum atomic E-state index is -1.50. The lowest BCUT2D eigenvalue weighted by atomic mass is 10.0. The maximum Gasteiger partial charge on any atom is 0.326 e. The van der Waals surface area contributed by atoms with Crippen molar-refractivity contribution in [2.45, 2.75) is 63.7 Å². The molecule has 0 aliphatic heterocycles. The number of aliphatic imine (C=N–C) groups is 1. The van der Waals surface area contributed by atoms with Gasteiger partial charge in [-0.2, -0.15) is 0 Å². The number of primary amides is 1. The number of hydrogen-bond acceptors (Lipinski definition) is 8. The van der Waals surface area contributed by atoms with Gasteiger partial charge in [-0.15, -0.1) is 0 Å². The van der Waals surface area contributed by atoms with E-state index in [1.54, 1.807) is 13.8 Å². The minimum absolute atomic E-state index is 0.0164. The van der Waals surface area contributed by atoms with Crippen molar-refractivity contribution in [2.24, 2.45) is 33.8 Å². The average molecular weight is 489 g/mol. The Hall–Kier alpha value is -3.46. The van der Waals surface area contributed by atoms with Gasteiger partial charge in [0, 0.05) is 6.54 Å². The number of guanidine groups is 1. The fourth-order valence-corrected chi connectivity index (χ4v) is 2.78. The maximum absolute atomic E-state index is 12.8. The van der Waals surface area contributed by atoms with Crippen molar-refractivity contribution >= 4 is 35.6 Å². The molecule has 0 aliphatic rings.